The van der Waals surface area contributed by atoms with Gasteiger partial charge in [-0.2, -0.15) is 0 Å². The van der Waals surface area contributed by atoms with E-state index in [0.29, 0.717) is 23.6 Å². The van der Waals surface area contributed by atoms with Gasteiger partial charge in [0.05, 0.1) is 6.33 Å². The van der Waals surface area contributed by atoms with Crippen LogP contribution >= 0.6 is 12.4 Å². The number of hydrogen-bond donors (Lipinski definition) is 2. The normalized spacial score (nSPS) is 14.3. The second kappa shape index (κ2) is 6.62. The second-order valence-corrected chi connectivity index (χ2v) is 5.78. The maximum atomic E-state index is 12.5. The number of halogens is 1. The molecule has 0 spiro atoms. The molecule has 0 radical (unpaired) electrons. The average Bonchev–Trinajstić information content (AvgIpc) is 2.88. The molecule has 4 rings (SSSR count). The van der Waals surface area contributed by atoms with E-state index in [2.05, 4.69) is 15.6 Å². The first-order valence-electron chi connectivity index (χ1n) is 7.56. The van der Waals surface area contributed by atoms with Crippen molar-refractivity contribution >= 4 is 40.4 Å². The van der Waals surface area contributed by atoms with Crippen molar-refractivity contribution in [2.24, 2.45) is 5.92 Å². The van der Waals surface area contributed by atoms with Gasteiger partial charge in [0, 0.05) is 30.9 Å². The Morgan fingerprint density at radius 3 is 2.92 bits per heavy atom. The number of carbonyl (C=O) groups is 1. The lowest BCUT2D eigenvalue weighted by atomic mass is 10.0. The van der Waals surface area contributed by atoms with Crippen LogP contribution in [-0.2, 0) is 11.3 Å². The molecule has 126 valence electrons. The number of nitrogens with zero attached hydrogens (tertiary/aromatic N) is 2. The Hall–Kier alpha value is -2.38. The third-order valence-corrected chi connectivity index (χ3v) is 4.12. The molecule has 0 bridgehead atoms. The van der Waals surface area contributed by atoms with Crippen LogP contribution in [0.5, 0.6) is 0 Å². The van der Waals surface area contributed by atoms with E-state index in [1.165, 1.54) is 10.9 Å². The van der Waals surface area contributed by atoms with Gasteiger partial charge >= 0.3 is 0 Å². The van der Waals surface area contributed by atoms with Crippen LogP contribution in [0.25, 0.3) is 22.1 Å². The van der Waals surface area contributed by atoms with E-state index in [9.17, 15) is 9.59 Å². The van der Waals surface area contributed by atoms with Gasteiger partial charge in [-0.25, -0.2) is 4.98 Å². The van der Waals surface area contributed by atoms with Crippen LogP contribution in [0, 0.1) is 5.92 Å². The summed E-state index contributed by atoms with van der Waals surface area (Å²) < 4.78 is 6.87. The molecule has 24 heavy (non-hydrogen) atoms. The highest BCUT2D eigenvalue weighted by Crippen LogP contribution is 2.23. The van der Waals surface area contributed by atoms with Crippen LogP contribution in [0.15, 0.2) is 39.8 Å². The quantitative estimate of drug-likeness (QED) is 0.731. The summed E-state index contributed by atoms with van der Waals surface area (Å²) in [5, 5.41) is 6.79. The van der Waals surface area contributed by atoms with Gasteiger partial charge in [-0.15, -0.1) is 12.4 Å². The Bertz CT molecular complexity index is 945. The molecule has 8 heteroatoms. The van der Waals surface area contributed by atoms with Crippen molar-refractivity contribution in [2.45, 2.75) is 6.54 Å². The zero-order valence-corrected chi connectivity index (χ0v) is 13.6. The molecule has 3 aromatic rings. The first-order chi connectivity index (χ1) is 11.2. The fourth-order valence-corrected chi connectivity index (χ4v) is 2.69. The summed E-state index contributed by atoms with van der Waals surface area (Å²) in [6, 6.07) is 7.36. The van der Waals surface area contributed by atoms with Crippen LogP contribution in [-0.4, -0.2) is 35.1 Å². The summed E-state index contributed by atoms with van der Waals surface area (Å²) in [5.41, 5.74) is 0.992. The molecule has 1 aromatic carbocycles. The van der Waals surface area contributed by atoms with Crippen molar-refractivity contribution in [1.29, 1.82) is 0 Å². The van der Waals surface area contributed by atoms with Crippen LogP contribution in [0.1, 0.15) is 0 Å². The maximum absolute atomic E-state index is 12.5. The molecule has 1 aliphatic rings. The molecule has 0 saturated carbocycles. The number of benzene rings is 1. The van der Waals surface area contributed by atoms with Crippen LogP contribution in [0.3, 0.4) is 0 Å². The molecule has 0 aliphatic carbocycles. The Morgan fingerprint density at radius 1 is 1.38 bits per heavy atom. The summed E-state index contributed by atoms with van der Waals surface area (Å²) in [6.07, 6.45) is 1.40. The van der Waals surface area contributed by atoms with E-state index in [4.69, 9.17) is 4.42 Å². The smallest absolute Gasteiger partial charge is 0.297 e. The first kappa shape index (κ1) is 16.5. The van der Waals surface area contributed by atoms with Gasteiger partial charge < -0.3 is 15.1 Å². The van der Waals surface area contributed by atoms with E-state index in [-0.39, 0.29) is 36.0 Å². The summed E-state index contributed by atoms with van der Waals surface area (Å²) in [5.74, 6) is 0.280. The van der Waals surface area contributed by atoms with Gasteiger partial charge in [0.1, 0.15) is 17.6 Å². The molecule has 0 unspecified atom stereocenters. The lowest BCUT2D eigenvalue weighted by molar-refractivity contribution is -0.122. The van der Waals surface area contributed by atoms with E-state index in [1.54, 1.807) is 6.07 Å². The topological polar surface area (TPSA) is 89.2 Å². The van der Waals surface area contributed by atoms with Crippen molar-refractivity contribution in [1.82, 2.24) is 20.2 Å². The largest absolute Gasteiger partial charge is 0.448 e. The van der Waals surface area contributed by atoms with Crippen molar-refractivity contribution in [3.8, 4) is 0 Å². The highest BCUT2D eigenvalue weighted by molar-refractivity contribution is 6.01. The second-order valence-electron chi connectivity index (χ2n) is 5.78. The van der Waals surface area contributed by atoms with Crippen LogP contribution < -0.4 is 16.2 Å². The number of hydrogen-bond acceptors (Lipinski definition) is 5. The molecule has 2 aromatic heterocycles. The summed E-state index contributed by atoms with van der Waals surface area (Å²) in [6.45, 7) is 2.42. The molecule has 3 heterocycles. The molecule has 2 N–H and O–H groups in total. The number of nitrogens with one attached hydrogen (secondary N) is 2. The van der Waals surface area contributed by atoms with E-state index in [1.807, 2.05) is 18.2 Å². The van der Waals surface area contributed by atoms with Crippen molar-refractivity contribution in [2.75, 3.05) is 19.6 Å². The van der Waals surface area contributed by atoms with Gasteiger partial charge in [-0.3, -0.25) is 14.2 Å². The minimum Gasteiger partial charge on any atom is -0.448 e. The van der Waals surface area contributed by atoms with E-state index in [0.717, 1.165) is 18.5 Å². The van der Waals surface area contributed by atoms with E-state index >= 15 is 0 Å². The molecule has 1 fully saturated rings. The van der Waals surface area contributed by atoms with Gasteiger partial charge in [0.2, 0.25) is 11.5 Å². The zero-order chi connectivity index (χ0) is 15.8. The summed E-state index contributed by atoms with van der Waals surface area (Å²) in [7, 11) is 0. The Kier molecular flexibility index (Phi) is 4.55. The highest BCUT2D eigenvalue weighted by atomic mass is 35.5. The predicted octanol–water partition coefficient (Wildman–Crippen LogP) is 0.900. The van der Waals surface area contributed by atoms with Crippen molar-refractivity contribution in [3.63, 3.8) is 0 Å². The molecular weight excluding hydrogens is 332 g/mol. The van der Waals surface area contributed by atoms with Crippen molar-refractivity contribution in [3.05, 3.63) is 40.9 Å². The molecule has 0 atom stereocenters. The van der Waals surface area contributed by atoms with Crippen molar-refractivity contribution < 1.29 is 9.21 Å². The van der Waals surface area contributed by atoms with Crippen LogP contribution in [0.4, 0.5) is 0 Å². The third-order valence-electron chi connectivity index (χ3n) is 4.12. The maximum Gasteiger partial charge on any atom is 0.297 e. The number of carbonyl (C=O) groups excluding carboxylic acids is 1. The molecule has 1 saturated heterocycles. The van der Waals surface area contributed by atoms with Gasteiger partial charge in [-0.05, 0) is 12.1 Å². The molecule has 1 aliphatic heterocycles. The fourth-order valence-electron chi connectivity index (χ4n) is 2.69. The van der Waals surface area contributed by atoms with Gasteiger partial charge in [0.25, 0.3) is 5.56 Å². The standard InChI is InChI=1S/C16H16N4O3.ClH/c21-13(18-7-10-5-17-6-10)8-20-9-19-14-11-3-1-2-4-12(11)23-15(14)16(20)22;/h1-4,9-10,17H,5-8H2,(H,18,21);1H. The number of aromatic nitrogens is 2. The molecule has 1 amide bonds. The first-order valence-corrected chi connectivity index (χ1v) is 7.56. The lowest BCUT2D eigenvalue weighted by Gasteiger charge is -2.27. The number of para-hydroxylation sites is 1. The Labute approximate surface area is 143 Å². The zero-order valence-electron chi connectivity index (χ0n) is 12.8. The van der Waals surface area contributed by atoms with Gasteiger partial charge in [0.15, 0.2) is 0 Å². The predicted molar refractivity (Wildman–Crippen MR) is 92.4 cm³/mol. The number of rotatable bonds is 4. The van der Waals surface area contributed by atoms with Gasteiger partial charge in [-0.1, -0.05) is 12.1 Å². The highest BCUT2D eigenvalue weighted by Gasteiger charge is 2.18. The average molecular weight is 349 g/mol. The minimum atomic E-state index is -0.341. The lowest BCUT2D eigenvalue weighted by Crippen LogP contribution is -2.48. The Balaban J connectivity index is 0.00000169. The summed E-state index contributed by atoms with van der Waals surface area (Å²) in [4.78, 5) is 28.7. The Morgan fingerprint density at radius 2 is 2.17 bits per heavy atom. The monoisotopic (exact) mass is 348 g/mol. The number of furan rings is 1. The molecule has 7 nitrogen and oxygen atoms in total. The minimum absolute atomic E-state index is 0. The van der Waals surface area contributed by atoms with Crippen LogP contribution in [0.2, 0.25) is 0 Å². The van der Waals surface area contributed by atoms with E-state index < -0.39 is 0 Å². The fraction of sp³-hybridized carbons (Fsp3) is 0.312. The SMILES string of the molecule is Cl.O=C(Cn1cnc2c(oc3ccccc32)c1=O)NCC1CNC1. The third kappa shape index (κ3) is 2.88. The number of fused-ring (bicyclic) bond motifs is 3. The number of amides is 1. The molecular formula is C16H17ClN4O3. The summed E-state index contributed by atoms with van der Waals surface area (Å²) >= 11 is 0.